The Bertz CT molecular complexity index is 394. The number of rotatable bonds is 0. The minimum atomic E-state index is -0.208. The van der Waals surface area contributed by atoms with Gasteiger partial charge < -0.3 is 4.98 Å². The molecule has 0 saturated heterocycles. The molecule has 0 radical (unpaired) electrons. The summed E-state index contributed by atoms with van der Waals surface area (Å²) in [5, 5.41) is 0. The molecule has 2 aliphatic heterocycles. The monoisotopic (exact) mass is 146 g/mol. The van der Waals surface area contributed by atoms with E-state index in [0.717, 1.165) is 11.3 Å². The van der Waals surface area contributed by atoms with Crippen LogP contribution in [0.4, 0.5) is 0 Å². The van der Waals surface area contributed by atoms with Gasteiger partial charge in [-0.1, -0.05) is 0 Å². The van der Waals surface area contributed by atoms with Crippen LogP contribution in [-0.2, 0) is 0 Å². The molecule has 0 saturated carbocycles. The Hall–Kier alpha value is -1.64. The van der Waals surface area contributed by atoms with Gasteiger partial charge in [-0.2, -0.15) is 0 Å². The highest BCUT2D eigenvalue weighted by Gasteiger charge is 1.99. The fraction of sp³-hybridized carbons (Fsp3) is 0. The molecule has 54 valence electrons. The first-order valence-corrected chi connectivity index (χ1v) is 3.30. The predicted octanol–water partition coefficient (Wildman–Crippen LogP) is 0.875. The van der Waals surface area contributed by atoms with Crippen molar-refractivity contribution in [2.75, 3.05) is 0 Å². The second-order valence-electron chi connectivity index (χ2n) is 2.28. The number of nitrogens with one attached hydrogen (secondary N) is 1. The van der Waals surface area contributed by atoms with Gasteiger partial charge in [0.05, 0.1) is 5.69 Å². The first-order valence-electron chi connectivity index (χ1n) is 3.30. The number of H-pyrrole nitrogens is 1. The van der Waals surface area contributed by atoms with E-state index in [1.54, 1.807) is 12.4 Å². The van der Waals surface area contributed by atoms with Gasteiger partial charge in [0.2, 0.25) is 0 Å². The summed E-state index contributed by atoms with van der Waals surface area (Å²) in [7, 11) is 0. The van der Waals surface area contributed by atoms with E-state index in [0.29, 0.717) is 0 Å². The average Bonchev–Trinajstić information content (AvgIpc) is 2.04. The van der Waals surface area contributed by atoms with Crippen LogP contribution in [0.15, 0.2) is 35.4 Å². The van der Waals surface area contributed by atoms with Gasteiger partial charge in [0.15, 0.2) is 0 Å². The van der Waals surface area contributed by atoms with E-state index >= 15 is 0 Å². The lowest BCUT2D eigenvalue weighted by atomic mass is 10.2. The van der Waals surface area contributed by atoms with Gasteiger partial charge >= 0.3 is 0 Å². The molecule has 0 amide bonds. The van der Waals surface area contributed by atoms with E-state index in [4.69, 9.17) is 0 Å². The fourth-order valence-electron chi connectivity index (χ4n) is 0.994. The maximum atomic E-state index is 10.8. The van der Waals surface area contributed by atoms with Crippen molar-refractivity contribution in [1.82, 2.24) is 9.97 Å². The van der Waals surface area contributed by atoms with E-state index in [1.165, 1.54) is 6.07 Å². The van der Waals surface area contributed by atoms with Crippen LogP contribution in [0.2, 0.25) is 0 Å². The van der Waals surface area contributed by atoms with E-state index < -0.39 is 0 Å². The number of fused-ring (bicyclic) bond motifs is 1. The van der Waals surface area contributed by atoms with Crippen LogP contribution in [0.1, 0.15) is 0 Å². The molecule has 1 N–H and O–H groups in total. The van der Waals surface area contributed by atoms with E-state index in [9.17, 15) is 4.79 Å². The fourth-order valence-corrected chi connectivity index (χ4v) is 0.994. The molecule has 0 aromatic carbocycles. The topological polar surface area (TPSA) is 45.8 Å². The molecule has 3 nitrogen and oxygen atoms in total. The molecule has 2 rings (SSSR count). The third-order valence-electron chi connectivity index (χ3n) is 1.52. The molecular formula is C8H6N2O. The highest BCUT2D eigenvalue weighted by molar-refractivity contribution is 5.57. The summed E-state index contributed by atoms with van der Waals surface area (Å²) >= 11 is 0. The van der Waals surface area contributed by atoms with Crippen molar-refractivity contribution in [2.24, 2.45) is 0 Å². The van der Waals surface area contributed by atoms with Gasteiger partial charge in [-0.05, 0) is 12.1 Å². The lowest BCUT2D eigenvalue weighted by Crippen LogP contribution is -2.04. The van der Waals surface area contributed by atoms with Crippen molar-refractivity contribution in [3.05, 3.63) is 40.9 Å². The predicted molar refractivity (Wildman–Crippen MR) is 41.5 cm³/mol. The van der Waals surface area contributed by atoms with Crippen LogP contribution >= 0.6 is 0 Å². The van der Waals surface area contributed by atoms with Gasteiger partial charge in [-0.15, -0.1) is 0 Å². The minimum Gasteiger partial charge on any atom is -0.361 e. The van der Waals surface area contributed by atoms with Crippen molar-refractivity contribution >= 4 is 0 Å². The number of nitrogens with zero attached hydrogens (tertiary/aromatic N) is 1. The largest absolute Gasteiger partial charge is 0.361 e. The molecular weight excluding hydrogens is 140 g/mol. The van der Waals surface area contributed by atoms with Crippen molar-refractivity contribution in [3.63, 3.8) is 0 Å². The molecule has 0 fully saturated rings. The molecule has 0 bridgehead atoms. The molecule has 0 spiro atoms. The SMILES string of the molecule is O=c1cc2[nH]cccc-2cn1. The summed E-state index contributed by atoms with van der Waals surface area (Å²) < 4.78 is 0. The van der Waals surface area contributed by atoms with Crippen LogP contribution in [0.25, 0.3) is 11.3 Å². The maximum absolute atomic E-state index is 10.8. The molecule has 0 unspecified atom stereocenters. The maximum Gasteiger partial charge on any atom is 0.271 e. The molecule has 0 aromatic rings. The molecule has 2 aliphatic rings. The molecule has 0 aliphatic carbocycles. The number of hydrogen-bond donors (Lipinski definition) is 1. The van der Waals surface area contributed by atoms with Crippen molar-refractivity contribution in [1.29, 1.82) is 0 Å². The third kappa shape index (κ3) is 1.00. The molecule has 0 atom stereocenters. The van der Waals surface area contributed by atoms with Gasteiger partial charge in [-0.25, -0.2) is 4.98 Å². The first-order chi connectivity index (χ1) is 5.36. The Morgan fingerprint density at radius 1 is 1.45 bits per heavy atom. The van der Waals surface area contributed by atoms with Gasteiger partial charge in [0.1, 0.15) is 0 Å². The minimum absolute atomic E-state index is 0.208. The van der Waals surface area contributed by atoms with Crippen LogP contribution in [-0.4, -0.2) is 9.97 Å². The molecule has 0 aromatic heterocycles. The summed E-state index contributed by atoms with van der Waals surface area (Å²) in [4.78, 5) is 17.3. The normalized spacial score (nSPS) is 10.2. The number of pyridine rings is 2. The quantitative estimate of drug-likeness (QED) is 0.599. The van der Waals surface area contributed by atoms with Crippen LogP contribution in [0.5, 0.6) is 0 Å². The van der Waals surface area contributed by atoms with Crippen LogP contribution in [0, 0.1) is 0 Å². The lowest BCUT2D eigenvalue weighted by molar-refractivity contribution is 1.19. The Morgan fingerprint density at radius 3 is 3.27 bits per heavy atom. The van der Waals surface area contributed by atoms with E-state index in [1.807, 2.05) is 12.1 Å². The zero-order valence-electron chi connectivity index (χ0n) is 5.74. The van der Waals surface area contributed by atoms with Crippen LogP contribution in [0.3, 0.4) is 0 Å². The lowest BCUT2D eigenvalue weighted by Gasteiger charge is -2.00. The average molecular weight is 146 g/mol. The van der Waals surface area contributed by atoms with Crippen molar-refractivity contribution < 1.29 is 0 Å². The zero-order chi connectivity index (χ0) is 7.68. The molecule has 3 heteroatoms. The summed E-state index contributed by atoms with van der Waals surface area (Å²) in [5.74, 6) is 0. The highest BCUT2D eigenvalue weighted by Crippen LogP contribution is 2.12. The zero-order valence-corrected chi connectivity index (χ0v) is 5.74. The Labute approximate surface area is 63.1 Å². The van der Waals surface area contributed by atoms with Gasteiger partial charge in [0, 0.05) is 24.0 Å². The number of aromatic amines is 1. The molecule has 2 heterocycles. The second kappa shape index (κ2) is 2.20. The standard InChI is InChI=1S/C8H6N2O/c11-8-4-7-6(5-10-8)2-1-3-9-7/h1-5,9H. The Kier molecular flexibility index (Phi) is 1.22. The summed E-state index contributed by atoms with van der Waals surface area (Å²) in [6.45, 7) is 0. The van der Waals surface area contributed by atoms with Crippen molar-refractivity contribution in [3.8, 4) is 11.3 Å². The van der Waals surface area contributed by atoms with Crippen molar-refractivity contribution in [2.45, 2.75) is 0 Å². The summed E-state index contributed by atoms with van der Waals surface area (Å²) in [6, 6.07) is 5.25. The Balaban J connectivity index is 2.84. The second-order valence-corrected chi connectivity index (χ2v) is 2.28. The summed E-state index contributed by atoms with van der Waals surface area (Å²) in [5.41, 5.74) is 1.57. The number of hydrogen-bond acceptors (Lipinski definition) is 2. The number of aromatic nitrogens is 2. The smallest absolute Gasteiger partial charge is 0.271 e. The van der Waals surface area contributed by atoms with E-state index in [2.05, 4.69) is 9.97 Å². The van der Waals surface area contributed by atoms with Gasteiger partial charge in [0.25, 0.3) is 5.56 Å². The van der Waals surface area contributed by atoms with E-state index in [-0.39, 0.29) is 5.56 Å². The van der Waals surface area contributed by atoms with Crippen LogP contribution < -0.4 is 5.56 Å². The highest BCUT2D eigenvalue weighted by atomic mass is 16.1. The van der Waals surface area contributed by atoms with Gasteiger partial charge in [-0.3, -0.25) is 4.79 Å². The molecule has 11 heavy (non-hydrogen) atoms. The Morgan fingerprint density at radius 2 is 2.36 bits per heavy atom. The summed E-state index contributed by atoms with van der Waals surface area (Å²) in [6.07, 6.45) is 3.34. The first kappa shape index (κ1) is 6.09. The third-order valence-corrected chi connectivity index (χ3v) is 1.52.